The molecule has 4 aromatic rings. The van der Waals surface area contributed by atoms with Crippen molar-refractivity contribution in [3.63, 3.8) is 0 Å². The summed E-state index contributed by atoms with van der Waals surface area (Å²) < 4.78 is 5.98. The van der Waals surface area contributed by atoms with Crippen molar-refractivity contribution in [1.82, 2.24) is 0 Å². The molecule has 0 amide bonds. The minimum absolute atomic E-state index is 0.141. The Kier molecular flexibility index (Phi) is 3.32. The molecule has 0 atom stereocenters. The van der Waals surface area contributed by atoms with E-state index in [2.05, 4.69) is 0 Å². The van der Waals surface area contributed by atoms with Crippen LogP contribution in [0.3, 0.4) is 0 Å². The molecule has 0 aliphatic carbocycles. The van der Waals surface area contributed by atoms with Crippen molar-refractivity contribution < 1.29 is 9.84 Å². The first-order valence-electron chi connectivity index (χ1n) is 7.30. The highest BCUT2D eigenvalue weighted by atomic mass is 35.5. The summed E-state index contributed by atoms with van der Waals surface area (Å²) in [4.78, 5) is 0. The van der Waals surface area contributed by atoms with Gasteiger partial charge in [0.25, 0.3) is 0 Å². The minimum Gasteiger partial charge on any atom is -0.504 e. The molecule has 1 N–H and O–H groups in total. The quantitative estimate of drug-likeness (QED) is 0.480. The van der Waals surface area contributed by atoms with E-state index < -0.39 is 0 Å². The van der Waals surface area contributed by atoms with Crippen molar-refractivity contribution in [2.24, 2.45) is 0 Å². The van der Waals surface area contributed by atoms with Crippen LogP contribution in [0.4, 0.5) is 0 Å². The Bertz CT molecular complexity index is 1020. The Labute approximate surface area is 138 Å². The Balaban J connectivity index is 1.86. The van der Waals surface area contributed by atoms with Crippen LogP contribution in [0.2, 0.25) is 5.02 Å². The average Bonchev–Trinajstić information content (AvgIpc) is 2.60. The maximum Gasteiger partial charge on any atom is 0.169 e. The van der Waals surface area contributed by atoms with Crippen molar-refractivity contribution in [3.8, 4) is 17.2 Å². The molecule has 0 saturated carbocycles. The molecule has 4 aromatic carbocycles. The molecular formula is C20H13ClO2. The highest BCUT2D eigenvalue weighted by Gasteiger charge is 2.11. The fourth-order valence-electron chi connectivity index (χ4n) is 2.76. The second-order valence-corrected chi connectivity index (χ2v) is 5.73. The van der Waals surface area contributed by atoms with E-state index in [1.54, 1.807) is 12.1 Å². The maximum absolute atomic E-state index is 10.5. The molecule has 0 unspecified atom stereocenters. The summed E-state index contributed by atoms with van der Waals surface area (Å²) in [5.74, 6) is 1.23. The van der Waals surface area contributed by atoms with Gasteiger partial charge in [-0.2, -0.15) is 0 Å². The molecule has 23 heavy (non-hydrogen) atoms. The molecule has 0 aromatic heterocycles. The van der Waals surface area contributed by atoms with E-state index in [0.29, 0.717) is 16.5 Å². The van der Waals surface area contributed by atoms with Gasteiger partial charge in [0.2, 0.25) is 0 Å². The molecule has 0 aliphatic rings. The van der Waals surface area contributed by atoms with Gasteiger partial charge in [0, 0.05) is 21.2 Å². The van der Waals surface area contributed by atoms with Gasteiger partial charge in [0.15, 0.2) is 11.5 Å². The van der Waals surface area contributed by atoms with E-state index in [-0.39, 0.29) is 5.75 Å². The van der Waals surface area contributed by atoms with Crippen LogP contribution < -0.4 is 4.74 Å². The summed E-state index contributed by atoms with van der Waals surface area (Å²) in [6, 6.07) is 22.8. The van der Waals surface area contributed by atoms with Crippen LogP contribution in [0.15, 0.2) is 72.8 Å². The van der Waals surface area contributed by atoms with Crippen LogP contribution >= 0.6 is 11.6 Å². The second-order valence-electron chi connectivity index (χ2n) is 5.33. The Hall–Kier alpha value is -2.71. The lowest BCUT2D eigenvalue weighted by molar-refractivity contribution is 0.418. The number of hydrogen-bond acceptors (Lipinski definition) is 2. The number of ether oxygens (including phenoxy) is 1. The average molecular weight is 321 g/mol. The third-order valence-corrected chi connectivity index (χ3v) is 4.24. The van der Waals surface area contributed by atoms with Crippen LogP contribution in [0.1, 0.15) is 0 Å². The molecule has 0 saturated heterocycles. The van der Waals surface area contributed by atoms with Gasteiger partial charge in [-0.1, -0.05) is 66.2 Å². The van der Waals surface area contributed by atoms with Crippen molar-refractivity contribution in [2.75, 3.05) is 0 Å². The number of phenolic OH excluding ortho intramolecular Hbond substituents is 1. The Morgan fingerprint density at radius 1 is 0.652 bits per heavy atom. The fraction of sp³-hybridized carbons (Fsp3) is 0. The van der Waals surface area contributed by atoms with Gasteiger partial charge in [0.1, 0.15) is 5.75 Å². The highest BCUT2D eigenvalue weighted by molar-refractivity contribution is 6.35. The summed E-state index contributed by atoms with van der Waals surface area (Å²) in [7, 11) is 0. The Morgan fingerprint density at radius 3 is 2.13 bits per heavy atom. The molecule has 0 bridgehead atoms. The number of hydrogen-bond donors (Lipinski definition) is 1. The molecule has 112 valence electrons. The SMILES string of the molecule is Oc1c(Oc2ccc(Cl)c3ccccc23)ccc2ccccc12. The van der Waals surface area contributed by atoms with E-state index >= 15 is 0 Å². The lowest BCUT2D eigenvalue weighted by atomic mass is 10.1. The van der Waals surface area contributed by atoms with Gasteiger partial charge in [0.05, 0.1) is 0 Å². The van der Waals surface area contributed by atoms with Crippen LogP contribution in [0.25, 0.3) is 21.5 Å². The van der Waals surface area contributed by atoms with Crippen molar-refractivity contribution in [2.45, 2.75) is 0 Å². The van der Waals surface area contributed by atoms with Gasteiger partial charge < -0.3 is 9.84 Å². The van der Waals surface area contributed by atoms with E-state index in [4.69, 9.17) is 16.3 Å². The van der Waals surface area contributed by atoms with Gasteiger partial charge in [-0.25, -0.2) is 0 Å². The van der Waals surface area contributed by atoms with Crippen LogP contribution in [-0.4, -0.2) is 5.11 Å². The number of fused-ring (bicyclic) bond motifs is 2. The van der Waals surface area contributed by atoms with Crippen molar-refractivity contribution in [1.29, 1.82) is 0 Å². The third kappa shape index (κ3) is 2.37. The molecule has 0 heterocycles. The zero-order valence-corrected chi connectivity index (χ0v) is 12.9. The second kappa shape index (κ2) is 5.49. The predicted molar refractivity (Wildman–Crippen MR) is 94.6 cm³/mol. The van der Waals surface area contributed by atoms with Crippen molar-refractivity contribution >= 4 is 33.1 Å². The molecule has 0 radical (unpaired) electrons. The largest absolute Gasteiger partial charge is 0.504 e. The van der Waals surface area contributed by atoms with E-state index in [0.717, 1.165) is 21.5 Å². The number of phenols is 1. The van der Waals surface area contributed by atoms with Crippen molar-refractivity contribution in [3.05, 3.63) is 77.8 Å². The number of rotatable bonds is 2. The predicted octanol–water partition coefficient (Wildman–Crippen LogP) is 6.14. The topological polar surface area (TPSA) is 29.5 Å². The molecule has 0 fully saturated rings. The van der Waals surface area contributed by atoms with Gasteiger partial charge in [-0.15, -0.1) is 0 Å². The van der Waals surface area contributed by atoms with E-state index in [9.17, 15) is 5.11 Å². The summed E-state index contributed by atoms with van der Waals surface area (Å²) in [5, 5.41) is 14.7. The monoisotopic (exact) mass is 320 g/mol. The normalized spacial score (nSPS) is 11.0. The van der Waals surface area contributed by atoms with E-state index in [1.165, 1.54) is 0 Å². The van der Waals surface area contributed by atoms with Gasteiger partial charge in [-0.3, -0.25) is 0 Å². The van der Waals surface area contributed by atoms with Crippen LogP contribution in [0, 0.1) is 0 Å². The van der Waals surface area contributed by atoms with Crippen LogP contribution in [-0.2, 0) is 0 Å². The number of benzene rings is 4. The molecule has 3 heteroatoms. The Morgan fingerprint density at radius 2 is 1.30 bits per heavy atom. The zero-order chi connectivity index (χ0) is 15.8. The maximum atomic E-state index is 10.5. The third-order valence-electron chi connectivity index (χ3n) is 3.91. The molecule has 0 aliphatic heterocycles. The summed E-state index contributed by atoms with van der Waals surface area (Å²) in [6.45, 7) is 0. The van der Waals surface area contributed by atoms with Gasteiger partial charge >= 0.3 is 0 Å². The minimum atomic E-state index is 0.141. The first-order chi connectivity index (χ1) is 11.2. The lowest BCUT2D eigenvalue weighted by Crippen LogP contribution is -1.88. The van der Waals surface area contributed by atoms with Gasteiger partial charge in [-0.05, 0) is 23.6 Å². The lowest BCUT2D eigenvalue weighted by Gasteiger charge is -2.12. The highest BCUT2D eigenvalue weighted by Crippen LogP contribution is 2.40. The number of aromatic hydroxyl groups is 1. The summed E-state index contributed by atoms with van der Waals surface area (Å²) >= 11 is 6.24. The summed E-state index contributed by atoms with van der Waals surface area (Å²) in [5.41, 5.74) is 0. The fourth-order valence-corrected chi connectivity index (χ4v) is 2.99. The zero-order valence-electron chi connectivity index (χ0n) is 12.2. The molecular weight excluding hydrogens is 308 g/mol. The molecule has 4 rings (SSSR count). The smallest absolute Gasteiger partial charge is 0.169 e. The number of halogens is 1. The molecule has 0 spiro atoms. The first-order valence-corrected chi connectivity index (χ1v) is 7.67. The first kappa shape index (κ1) is 13.9. The van der Waals surface area contributed by atoms with Crippen LogP contribution in [0.5, 0.6) is 17.2 Å². The van der Waals surface area contributed by atoms with E-state index in [1.807, 2.05) is 60.7 Å². The molecule has 2 nitrogen and oxygen atoms in total. The standard InChI is InChI=1S/C20H13ClO2/c21-17-10-12-18(16-8-4-3-7-15(16)17)23-19-11-9-13-5-1-2-6-14(13)20(19)22/h1-12,22H. The summed E-state index contributed by atoms with van der Waals surface area (Å²) in [6.07, 6.45) is 0.